The first-order valence-electron chi connectivity index (χ1n) is 7.06. The summed E-state index contributed by atoms with van der Waals surface area (Å²) in [6.07, 6.45) is 2.90. The fourth-order valence-corrected chi connectivity index (χ4v) is 2.52. The van der Waals surface area contributed by atoms with Crippen LogP contribution in [0.3, 0.4) is 0 Å². The van der Waals surface area contributed by atoms with Gasteiger partial charge >= 0.3 is 0 Å². The maximum atomic E-state index is 5.78. The highest BCUT2D eigenvalue weighted by Crippen LogP contribution is 2.25. The van der Waals surface area contributed by atoms with Crippen LogP contribution < -0.4 is 5.73 Å². The van der Waals surface area contributed by atoms with Crippen LogP contribution in [0.4, 0.5) is 0 Å². The van der Waals surface area contributed by atoms with Crippen molar-refractivity contribution in [2.75, 3.05) is 6.54 Å². The molecule has 1 unspecified atom stereocenters. The van der Waals surface area contributed by atoms with E-state index in [2.05, 4.69) is 59.4 Å². The zero-order valence-corrected chi connectivity index (χ0v) is 11.6. The van der Waals surface area contributed by atoms with E-state index in [1.165, 1.54) is 10.8 Å². The number of nitrogens with one attached hydrogen (secondary N) is 1. The van der Waals surface area contributed by atoms with Crippen LogP contribution in [-0.4, -0.2) is 16.5 Å². The Labute approximate surface area is 118 Å². The molecule has 3 rings (SSSR count). The molecule has 3 heteroatoms. The van der Waals surface area contributed by atoms with E-state index in [1.807, 2.05) is 6.20 Å². The van der Waals surface area contributed by atoms with Crippen molar-refractivity contribution in [3.63, 3.8) is 0 Å². The molecule has 1 heterocycles. The first kappa shape index (κ1) is 12.9. The molecule has 0 fully saturated rings. The minimum Gasteiger partial charge on any atom is -0.342 e. The lowest BCUT2D eigenvalue weighted by Crippen LogP contribution is -2.12. The zero-order chi connectivity index (χ0) is 13.9. The number of nitrogens with zero attached hydrogens (tertiary/aromatic N) is 1. The maximum Gasteiger partial charge on any atom is 0.110 e. The van der Waals surface area contributed by atoms with E-state index in [0.717, 1.165) is 23.5 Å². The molecule has 3 aromatic rings. The van der Waals surface area contributed by atoms with Crippen molar-refractivity contribution in [1.29, 1.82) is 0 Å². The number of hydrogen-bond acceptors (Lipinski definition) is 2. The van der Waals surface area contributed by atoms with E-state index < -0.39 is 0 Å². The molecular weight excluding hydrogens is 246 g/mol. The van der Waals surface area contributed by atoms with E-state index in [0.29, 0.717) is 12.5 Å². The van der Waals surface area contributed by atoms with Crippen LogP contribution in [0.25, 0.3) is 22.0 Å². The van der Waals surface area contributed by atoms with Crippen LogP contribution in [0.15, 0.2) is 48.7 Å². The van der Waals surface area contributed by atoms with Crippen molar-refractivity contribution in [3.8, 4) is 11.3 Å². The highest BCUT2D eigenvalue weighted by Gasteiger charge is 2.12. The number of aromatic nitrogens is 2. The Bertz CT molecular complexity index is 711. The highest BCUT2D eigenvalue weighted by atomic mass is 14.9. The van der Waals surface area contributed by atoms with Gasteiger partial charge in [-0.1, -0.05) is 43.3 Å². The van der Waals surface area contributed by atoms with Gasteiger partial charge in [-0.2, -0.15) is 0 Å². The molecule has 0 aliphatic rings. The van der Waals surface area contributed by atoms with Gasteiger partial charge in [0, 0.05) is 18.0 Å². The van der Waals surface area contributed by atoms with Crippen LogP contribution >= 0.6 is 0 Å². The van der Waals surface area contributed by atoms with Gasteiger partial charge in [0.25, 0.3) is 0 Å². The van der Waals surface area contributed by atoms with Crippen LogP contribution in [0.1, 0.15) is 25.1 Å². The molecule has 3 N–H and O–H groups in total. The summed E-state index contributed by atoms with van der Waals surface area (Å²) in [5.74, 6) is 1.29. The number of aromatic amines is 1. The van der Waals surface area contributed by atoms with Gasteiger partial charge in [-0.15, -0.1) is 0 Å². The van der Waals surface area contributed by atoms with Crippen molar-refractivity contribution in [3.05, 3.63) is 54.5 Å². The van der Waals surface area contributed by atoms with Gasteiger partial charge in [-0.3, -0.25) is 0 Å². The zero-order valence-electron chi connectivity index (χ0n) is 11.6. The predicted molar refractivity (Wildman–Crippen MR) is 83.6 cm³/mol. The maximum absolute atomic E-state index is 5.78. The SMILES string of the molecule is CCC(CN)c1ncc(-c2ccc3ccccc3c2)[nH]1. The molecule has 0 saturated carbocycles. The normalized spacial score (nSPS) is 12.7. The Morgan fingerprint density at radius 1 is 1.15 bits per heavy atom. The Morgan fingerprint density at radius 3 is 2.70 bits per heavy atom. The summed E-state index contributed by atoms with van der Waals surface area (Å²) in [6, 6.07) is 14.8. The number of H-pyrrole nitrogens is 1. The lowest BCUT2D eigenvalue weighted by atomic mass is 10.1. The monoisotopic (exact) mass is 265 g/mol. The third-order valence-corrected chi connectivity index (χ3v) is 3.82. The van der Waals surface area contributed by atoms with Crippen molar-refractivity contribution in [2.24, 2.45) is 5.73 Å². The Balaban J connectivity index is 1.98. The van der Waals surface area contributed by atoms with Crippen LogP contribution in [0.2, 0.25) is 0 Å². The smallest absolute Gasteiger partial charge is 0.110 e. The standard InChI is InChI=1S/C17H19N3/c1-2-12(10-18)17-19-11-16(20-17)15-8-7-13-5-3-4-6-14(13)9-15/h3-9,11-12H,2,10,18H2,1H3,(H,19,20). The summed E-state index contributed by atoms with van der Waals surface area (Å²) < 4.78 is 0. The van der Waals surface area contributed by atoms with Crippen LogP contribution in [0, 0.1) is 0 Å². The number of benzene rings is 2. The van der Waals surface area contributed by atoms with Crippen molar-refractivity contribution in [1.82, 2.24) is 9.97 Å². The number of fused-ring (bicyclic) bond motifs is 1. The second-order valence-corrected chi connectivity index (χ2v) is 5.08. The van der Waals surface area contributed by atoms with E-state index in [1.54, 1.807) is 0 Å². The lowest BCUT2D eigenvalue weighted by molar-refractivity contribution is 0.639. The highest BCUT2D eigenvalue weighted by molar-refractivity contribution is 5.86. The van der Waals surface area contributed by atoms with E-state index >= 15 is 0 Å². The minimum absolute atomic E-state index is 0.309. The second-order valence-electron chi connectivity index (χ2n) is 5.08. The Hall–Kier alpha value is -2.13. The largest absolute Gasteiger partial charge is 0.342 e. The van der Waals surface area contributed by atoms with E-state index in [-0.39, 0.29) is 0 Å². The minimum atomic E-state index is 0.309. The molecular formula is C17H19N3. The van der Waals surface area contributed by atoms with Crippen LogP contribution in [-0.2, 0) is 0 Å². The quantitative estimate of drug-likeness (QED) is 0.756. The lowest BCUT2D eigenvalue weighted by Gasteiger charge is -2.08. The number of rotatable bonds is 4. The number of imidazole rings is 1. The summed E-state index contributed by atoms with van der Waals surface area (Å²) in [5, 5.41) is 2.50. The number of hydrogen-bond donors (Lipinski definition) is 2. The van der Waals surface area contributed by atoms with Crippen LogP contribution in [0.5, 0.6) is 0 Å². The van der Waals surface area contributed by atoms with Gasteiger partial charge in [-0.05, 0) is 23.3 Å². The molecule has 3 nitrogen and oxygen atoms in total. The fraction of sp³-hybridized carbons (Fsp3) is 0.235. The van der Waals surface area contributed by atoms with Gasteiger partial charge < -0.3 is 10.7 Å². The molecule has 2 aromatic carbocycles. The summed E-state index contributed by atoms with van der Waals surface area (Å²) in [5.41, 5.74) is 7.99. The average Bonchev–Trinajstić information content (AvgIpc) is 2.98. The van der Waals surface area contributed by atoms with Crippen molar-refractivity contribution >= 4 is 10.8 Å². The predicted octanol–water partition coefficient (Wildman–Crippen LogP) is 3.68. The first-order chi connectivity index (χ1) is 9.81. The molecule has 20 heavy (non-hydrogen) atoms. The molecule has 0 amide bonds. The third-order valence-electron chi connectivity index (χ3n) is 3.82. The van der Waals surface area contributed by atoms with Gasteiger partial charge in [-0.25, -0.2) is 4.98 Å². The summed E-state index contributed by atoms with van der Waals surface area (Å²) in [7, 11) is 0. The van der Waals surface area contributed by atoms with Crippen molar-refractivity contribution < 1.29 is 0 Å². The van der Waals surface area contributed by atoms with Crippen molar-refractivity contribution in [2.45, 2.75) is 19.3 Å². The molecule has 1 aromatic heterocycles. The molecule has 0 radical (unpaired) electrons. The molecule has 0 saturated heterocycles. The summed E-state index contributed by atoms with van der Waals surface area (Å²) in [6.45, 7) is 2.76. The molecule has 102 valence electrons. The molecule has 0 aliphatic heterocycles. The third kappa shape index (κ3) is 2.32. The Morgan fingerprint density at radius 2 is 1.95 bits per heavy atom. The average molecular weight is 265 g/mol. The first-order valence-corrected chi connectivity index (χ1v) is 7.06. The van der Waals surface area contributed by atoms with Gasteiger partial charge in [0.2, 0.25) is 0 Å². The molecule has 1 atom stereocenters. The van der Waals surface area contributed by atoms with E-state index in [9.17, 15) is 0 Å². The van der Waals surface area contributed by atoms with Gasteiger partial charge in [0.05, 0.1) is 11.9 Å². The topological polar surface area (TPSA) is 54.7 Å². The second kappa shape index (κ2) is 5.47. The van der Waals surface area contributed by atoms with Gasteiger partial charge in [0.1, 0.15) is 5.82 Å². The Kier molecular flexibility index (Phi) is 3.52. The fourth-order valence-electron chi connectivity index (χ4n) is 2.52. The molecule has 0 spiro atoms. The van der Waals surface area contributed by atoms with Gasteiger partial charge in [0.15, 0.2) is 0 Å². The number of nitrogens with two attached hydrogens (primary N) is 1. The summed E-state index contributed by atoms with van der Waals surface area (Å²) in [4.78, 5) is 7.88. The van der Waals surface area contributed by atoms with E-state index in [4.69, 9.17) is 5.73 Å². The summed E-state index contributed by atoms with van der Waals surface area (Å²) >= 11 is 0. The molecule has 0 bridgehead atoms. The molecule has 0 aliphatic carbocycles.